The van der Waals surface area contributed by atoms with Crippen LogP contribution in [-0.4, -0.2) is 18.0 Å². The van der Waals surface area contributed by atoms with Crippen molar-refractivity contribution in [1.29, 1.82) is 0 Å². The van der Waals surface area contributed by atoms with Crippen LogP contribution < -0.4 is 0 Å². The van der Waals surface area contributed by atoms with E-state index in [2.05, 4.69) is 34.6 Å². The molecule has 0 saturated heterocycles. The predicted molar refractivity (Wildman–Crippen MR) is 125 cm³/mol. The quantitative estimate of drug-likeness (QED) is 0.435. The summed E-state index contributed by atoms with van der Waals surface area (Å²) in [5.74, 6) is 6.46. The van der Waals surface area contributed by atoms with E-state index in [0.29, 0.717) is 16.9 Å². The number of rotatable bonds is 7. The summed E-state index contributed by atoms with van der Waals surface area (Å²) in [6.45, 7) is 12.6. The van der Waals surface area contributed by atoms with Crippen LogP contribution in [0, 0.1) is 52.3 Å². The summed E-state index contributed by atoms with van der Waals surface area (Å²) in [7, 11) is 0. The van der Waals surface area contributed by atoms with Gasteiger partial charge in [0.1, 0.15) is 6.79 Å². The lowest BCUT2D eigenvalue weighted by atomic mass is 9.44. The number of ether oxygens (including phenoxy) is 1. The van der Waals surface area contributed by atoms with Crippen molar-refractivity contribution in [2.24, 2.45) is 52.3 Å². The number of hydrogen-bond acceptors (Lipinski definition) is 2. The Labute approximate surface area is 186 Å². The largest absolute Gasteiger partial charge is 0.371 e. The maximum Gasteiger partial charge on any atom is 0.143 e. The molecule has 4 aliphatic carbocycles. The van der Waals surface area contributed by atoms with Crippen LogP contribution in [0.15, 0.2) is 0 Å². The average molecular weight is 419 g/mol. The second-order valence-corrected chi connectivity index (χ2v) is 12.9. The van der Waals surface area contributed by atoms with E-state index in [1.165, 1.54) is 70.6 Å². The molecule has 4 fully saturated rings. The van der Waals surface area contributed by atoms with Gasteiger partial charge in [-0.15, -0.1) is 0 Å². The van der Waals surface area contributed by atoms with E-state index in [9.17, 15) is 5.11 Å². The molecule has 4 rings (SSSR count). The minimum absolute atomic E-state index is 0.0999. The predicted octanol–water partition coefficient (Wildman–Crippen LogP) is 7.44. The molecule has 0 spiro atoms. The van der Waals surface area contributed by atoms with Gasteiger partial charge in [0, 0.05) is 0 Å². The third kappa shape index (κ3) is 4.02. The van der Waals surface area contributed by atoms with Gasteiger partial charge in [-0.25, -0.2) is 0 Å². The number of aliphatic hydroxyl groups excluding tert-OH is 1. The zero-order chi connectivity index (χ0) is 21.5. The van der Waals surface area contributed by atoms with Gasteiger partial charge < -0.3 is 9.84 Å². The van der Waals surface area contributed by atoms with Crippen molar-refractivity contribution in [3.05, 3.63) is 0 Å². The number of hydrogen-bond donors (Lipinski definition) is 1. The van der Waals surface area contributed by atoms with E-state index >= 15 is 0 Å². The molecule has 0 aliphatic heterocycles. The van der Waals surface area contributed by atoms with E-state index < -0.39 is 0 Å². The van der Waals surface area contributed by atoms with Crippen molar-refractivity contribution < 1.29 is 9.84 Å². The van der Waals surface area contributed by atoms with Crippen LogP contribution in [0.5, 0.6) is 0 Å². The average Bonchev–Trinajstić information content (AvgIpc) is 3.05. The molecule has 2 heteroatoms. The Kier molecular flexibility index (Phi) is 6.96. The van der Waals surface area contributed by atoms with Gasteiger partial charge in [-0.3, -0.25) is 0 Å². The molecule has 4 saturated carbocycles. The fourth-order valence-electron chi connectivity index (χ4n) is 9.50. The minimum Gasteiger partial charge on any atom is -0.371 e. The first-order valence-electron chi connectivity index (χ1n) is 13.5. The topological polar surface area (TPSA) is 29.5 Å². The van der Waals surface area contributed by atoms with Crippen LogP contribution in [0.4, 0.5) is 0 Å². The first kappa shape index (κ1) is 23.1. The molecule has 0 aromatic rings. The van der Waals surface area contributed by atoms with Crippen LogP contribution in [0.25, 0.3) is 0 Å². The van der Waals surface area contributed by atoms with Gasteiger partial charge in [0.25, 0.3) is 0 Å². The van der Waals surface area contributed by atoms with E-state index in [-0.39, 0.29) is 6.79 Å². The molecule has 0 heterocycles. The van der Waals surface area contributed by atoms with Crippen LogP contribution in [-0.2, 0) is 4.74 Å². The number of fused-ring (bicyclic) bond motifs is 5. The third-order valence-electron chi connectivity index (χ3n) is 11.1. The zero-order valence-corrected chi connectivity index (χ0v) is 20.7. The molecule has 30 heavy (non-hydrogen) atoms. The van der Waals surface area contributed by atoms with Crippen molar-refractivity contribution in [2.75, 3.05) is 6.79 Å². The SMILES string of the molecule is CC(C)CCC[C@@H](C)[C@H]1CC[C@H]2[C@@H]3CCC4CC(OCO)CC[C@]4(C)[C@H]3CC[C@]12C. The van der Waals surface area contributed by atoms with Gasteiger partial charge in [-0.2, -0.15) is 0 Å². The maximum absolute atomic E-state index is 9.23. The summed E-state index contributed by atoms with van der Waals surface area (Å²) in [5.41, 5.74) is 1.14. The standard InChI is InChI=1S/C28H50O2/c1-19(2)7-6-8-20(3)24-11-12-25-23-10-9-21-17-22(30-18-29)13-15-27(21,4)26(23)14-16-28(24,25)5/h19-26,29H,6-18H2,1-5H3/t20-,21?,22?,23+,24-,25+,26+,27+,28-/m1/s1. The normalized spacial score (nSPS) is 46.9. The lowest BCUT2D eigenvalue weighted by Crippen LogP contribution is -2.54. The summed E-state index contributed by atoms with van der Waals surface area (Å²) >= 11 is 0. The molecule has 1 N–H and O–H groups in total. The smallest absolute Gasteiger partial charge is 0.143 e. The Morgan fingerprint density at radius 3 is 2.33 bits per heavy atom. The van der Waals surface area contributed by atoms with E-state index in [0.717, 1.165) is 47.8 Å². The van der Waals surface area contributed by atoms with Gasteiger partial charge >= 0.3 is 0 Å². The highest BCUT2D eigenvalue weighted by molar-refractivity contribution is 5.09. The van der Waals surface area contributed by atoms with Crippen LogP contribution in [0.1, 0.15) is 112 Å². The molecular weight excluding hydrogens is 368 g/mol. The van der Waals surface area contributed by atoms with Gasteiger partial charge in [-0.1, -0.05) is 53.9 Å². The highest BCUT2D eigenvalue weighted by Crippen LogP contribution is 2.68. The van der Waals surface area contributed by atoms with Crippen molar-refractivity contribution in [3.63, 3.8) is 0 Å². The highest BCUT2D eigenvalue weighted by atomic mass is 16.6. The number of aliphatic hydroxyl groups is 1. The van der Waals surface area contributed by atoms with Crippen molar-refractivity contribution in [3.8, 4) is 0 Å². The van der Waals surface area contributed by atoms with Crippen molar-refractivity contribution in [2.45, 2.75) is 118 Å². The second-order valence-electron chi connectivity index (χ2n) is 12.9. The Balaban J connectivity index is 1.43. The van der Waals surface area contributed by atoms with Gasteiger partial charge in [0.2, 0.25) is 0 Å². The van der Waals surface area contributed by atoms with Gasteiger partial charge in [-0.05, 0) is 110 Å². The molecule has 9 atom stereocenters. The summed E-state index contributed by atoms with van der Waals surface area (Å²) in [5, 5.41) is 9.23. The van der Waals surface area contributed by atoms with Gasteiger partial charge in [0.15, 0.2) is 0 Å². The van der Waals surface area contributed by atoms with E-state index in [1.807, 2.05) is 0 Å². The van der Waals surface area contributed by atoms with Gasteiger partial charge in [0.05, 0.1) is 6.10 Å². The van der Waals surface area contributed by atoms with Crippen LogP contribution >= 0.6 is 0 Å². The Bertz CT molecular complexity index is 573. The molecule has 0 bridgehead atoms. The molecule has 174 valence electrons. The summed E-state index contributed by atoms with van der Waals surface area (Å²) in [6.07, 6.45) is 17.1. The molecule has 2 unspecified atom stereocenters. The minimum atomic E-state index is -0.0999. The summed E-state index contributed by atoms with van der Waals surface area (Å²) < 4.78 is 5.64. The molecule has 0 radical (unpaired) electrons. The zero-order valence-electron chi connectivity index (χ0n) is 20.7. The molecule has 0 amide bonds. The maximum atomic E-state index is 9.23. The Morgan fingerprint density at radius 1 is 0.867 bits per heavy atom. The monoisotopic (exact) mass is 418 g/mol. The van der Waals surface area contributed by atoms with E-state index in [1.54, 1.807) is 0 Å². The highest BCUT2D eigenvalue weighted by Gasteiger charge is 2.60. The lowest BCUT2D eigenvalue weighted by Gasteiger charge is -2.61. The molecule has 4 aliphatic rings. The Morgan fingerprint density at radius 2 is 1.60 bits per heavy atom. The fraction of sp³-hybridized carbons (Fsp3) is 1.00. The lowest BCUT2D eigenvalue weighted by molar-refractivity contribution is -0.149. The van der Waals surface area contributed by atoms with Crippen LogP contribution in [0.3, 0.4) is 0 Å². The van der Waals surface area contributed by atoms with Crippen molar-refractivity contribution in [1.82, 2.24) is 0 Å². The molecule has 0 aromatic carbocycles. The molecular formula is C28H50O2. The summed E-state index contributed by atoms with van der Waals surface area (Å²) in [4.78, 5) is 0. The van der Waals surface area contributed by atoms with Crippen LogP contribution in [0.2, 0.25) is 0 Å². The fourth-order valence-corrected chi connectivity index (χ4v) is 9.50. The first-order valence-corrected chi connectivity index (χ1v) is 13.5. The third-order valence-corrected chi connectivity index (χ3v) is 11.1. The Hall–Kier alpha value is -0.0800. The first-order chi connectivity index (χ1) is 14.3. The second kappa shape index (κ2) is 9.05. The molecule has 0 aromatic heterocycles. The molecule has 2 nitrogen and oxygen atoms in total. The van der Waals surface area contributed by atoms with E-state index in [4.69, 9.17) is 4.74 Å². The van der Waals surface area contributed by atoms with Crippen molar-refractivity contribution >= 4 is 0 Å². The summed E-state index contributed by atoms with van der Waals surface area (Å²) in [6, 6.07) is 0.